The summed E-state index contributed by atoms with van der Waals surface area (Å²) in [5, 5.41) is 2.50. The molecule has 7 heteroatoms. The maximum Gasteiger partial charge on any atom is 0.269 e. The van der Waals surface area contributed by atoms with Crippen LogP contribution in [0.2, 0.25) is 0 Å². The van der Waals surface area contributed by atoms with Crippen LogP contribution in [0.4, 0.5) is 5.69 Å². The summed E-state index contributed by atoms with van der Waals surface area (Å²) in [6.45, 7) is 0. The van der Waals surface area contributed by atoms with Gasteiger partial charge in [0.15, 0.2) is 5.11 Å². The van der Waals surface area contributed by atoms with Crippen LogP contribution in [0.15, 0.2) is 54.6 Å². The fraction of sp³-hybridized carbons (Fsp3) is 0.118. The quantitative estimate of drug-likeness (QED) is 0.585. The highest BCUT2D eigenvalue weighted by molar-refractivity contribution is 7.80. The monoisotopic (exact) mass is 342 g/mol. The van der Waals surface area contributed by atoms with E-state index in [-0.39, 0.29) is 16.9 Å². The summed E-state index contributed by atoms with van der Waals surface area (Å²) in [7, 11) is 3.84. The molecular weight excluding hydrogens is 324 g/mol. The number of thiocarbonyl (C=S) groups is 1. The summed E-state index contributed by atoms with van der Waals surface area (Å²) in [6.07, 6.45) is 0. The molecule has 0 aliphatic rings. The van der Waals surface area contributed by atoms with Gasteiger partial charge in [-0.1, -0.05) is 18.2 Å². The number of rotatable bonds is 3. The lowest BCUT2D eigenvalue weighted by Crippen LogP contribution is -2.48. The van der Waals surface area contributed by atoms with E-state index in [0.29, 0.717) is 11.1 Å². The predicted molar refractivity (Wildman–Crippen MR) is 97.9 cm³/mol. The first-order valence-corrected chi connectivity index (χ1v) is 7.62. The largest absolute Gasteiger partial charge is 0.378 e. The van der Waals surface area contributed by atoms with Crippen LogP contribution in [-0.4, -0.2) is 31.0 Å². The molecule has 0 radical (unpaired) electrons. The van der Waals surface area contributed by atoms with Crippen molar-refractivity contribution in [2.45, 2.75) is 0 Å². The third kappa shape index (κ3) is 4.79. The summed E-state index contributed by atoms with van der Waals surface area (Å²) in [5.74, 6) is -0.700. The summed E-state index contributed by atoms with van der Waals surface area (Å²) in [4.78, 5) is 25.9. The van der Waals surface area contributed by atoms with E-state index in [1.165, 1.54) is 0 Å². The van der Waals surface area contributed by atoms with Crippen LogP contribution in [0.5, 0.6) is 0 Å². The van der Waals surface area contributed by atoms with Crippen LogP contribution in [-0.2, 0) is 0 Å². The number of hydrazine groups is 1. The van der Waals surface area contributed by atoms with Crippen LogP contribution in [0.25, 0.3) is 0 Å². The van der Waals surface area contributed by atoms with Gasteiger partial charge in [-0.25, -0.2) is 0 Å². The molecule has 2 rings (SSSR count). The lowest BCUT2D eigenvalue weighted by Gasteiger charge is -2.13. The topological polar surface area (TPSA) is 73.5 Å². The Hall–Kier alpha value is -2.93. The Morgan fingerprint density at radius 3 is 2.00 bits per heavy atom. The highest BCUT2D eigenvalue weighted by Crippen LogP contribution is 2.11. The minimum atomic E-state index is -0.350. The highest BCUT2D eigenvalue weighted by Gasteiger charge is 2.09. The second kappa shape index (κ2) is 8.07. The van der Waals surface area contributed by atoms with Gasteiger partial charge in [0.1, 0.15) is 0 Å². The van der Waals surface area contributed by atoms with Crippen molar-refractivity contribution in [3.63, 3.8) is 0 Å². The minimum Gasteiger partial charge on any atom is -0.378 e. The summed E-state index contributed by atoms with van der Waals surface area (Å²) in [6, 6.07) is 15.8. The predicted octanol–water partition coefficient (Wildman–Crippen LogP) is 1.70. The average Bonchev–Trinajstić information content (AvgIpc) is 2.60. The zero-order valence-corrected chi connectivity index (χ0v) is 14.2. The smallest absolute Gasteiger partial charge is 0.269 e. The summed E-state index contributed by atoms with van der Waals surface area (Å²) < 4.78 is 0. The van der Waals surface area contributed by atoms with Crippen LogP contribution >= 0.6 is 12.2 Å². The average molecular weight is 342 g/mol. The van der Waals surface area contributed by atoms with Crippen molar-refractivity contribution in [2.24, 2.45) is 0 Å². The molecule has 0 aliphatic carbocycles. The van der Waals surface area contributed by atoms with E-state index in [2.05, 4.69) is 16.2 Å². The van der Waals surface area contributed by atoms with Crippen LogP contribution in [0.3, 0.4) is 0 Å². The lowest BCUT2D eigenvalue weighted by molar-refractivity contribution is 0.0934. The molecule has 0 saturated carbocycles. The molecule has 0 unspecified atom stereocenters. The van der Waals surface area contributed by atoms with E-state index in [4.69, 9.17) is 12.2 Å². The third-order valence-electron chi connectivity index (χ3n) is 3.20. The molecule has 3 N–H and O–H groups in total. The second-order valence-electron chi connectivity index (χ2n) is 5.17. The molecule has 24 heavy (non-hydrogen) atoms. The number of nitrogens with one attached hydrogen (secondary N) is 3. The normalized spacial score (nSPS) is 9.75. The molecule has 6 nitrogen and oxygen atoms in total. The zero-order valence-electron chi connectivity index (χ0n) is 13.4. The van der Waals surface area contributed by atoms with E-state index < -0.39 is 0 Å². The Kier molecular flexibility index (Phi) is 5.86. The number of benzene rings is 2. The molecule has 0 bridgehead atoms. The first-order chi connectivity index (χ1) is 11.5. The van der Waals surface area contributed by atoms with Gasteiger partial charge in [0.05, 0.1) is 0 Å². The number of hydrogen-bond donors (Lipinski definition) is 3. The van der Waals surface area contributed by atoms with Crippen LogP contribution in [0, 0.1) is 0 Å². The van der Waals surface area contributed by atoms with E-state index in [1.54, 1.807) is 36.4 Å². The molecule has 0 aromatic heterocycles. The van der Waals surface area contributed by atoms with Crippen molar-refractivity contribution in [2.75, 3.05) is 19.0 Å². The third-order valence-corrected chi connectivity index (χ3v) is 3.40. The van der Waals surface area contributed by atoms with E-state index >= 15 is 0 Å². The number of carbonyl (C=O) groups is 2. The van der Waals surface area contributed by atoms with Crippen molar-refractivity contribution in [1.29, 1.82) is 0 Å². The van der Waals surface area contributed by atoms with E-state index in [9.17, 15) is 9.59 Å². The van der Waals surface area contributed by atoms with Crippen molar-refractivity contribution < 1.29 is 9.59 Å². The summed E-state index contributed by atoms with van der Waals surface area (Å²) in [5.41, 5.74) is 6.90. The molecule has 2 amide bonds. The fourth-order valence-electron chi connectivity index (χ4n) is 1.89. The van der Waals surface area contributed by atoms with Gasteiger partial charge >= 0.3 is 0 Å². The Balaban J connectivity index is 1.85. The Labute approximate surface area is 145 Å². The maximum absolute atomic E-state index is 12.0. The number of anilines is 1. The van der Waals surface area contributed by atoms with Gasteiger partial charge in [0, 0.05) is 30.9 Å². The van der Waals surface area contributed by atoms with Gasteiger partial charge in [-0.15, -0.1) is 0 Å². The van der Waals surface area contributed by atoms with Gasteiger partial charge in [0.2, 0.25) is 0 Å². The van der Waals surface area contributed by atoms with Gasteiger partial charge in [-0.3, -0.25) is 25.8 Å². The summed E-state index contributed by atoms with van der Waals surface area (Å²) >= 11 is 4.99. The molecule has 124 valence electrons. The maximum atomic E-state index is 12.0. The van der Waals surface area contributed by atoms with E-state index in [1.807, 2.05) is 37.2 Å². The SMILES string of the molecule is CN(C)c1ccc(C(=O)NNC(=S)NC(=O)c2ccccc2)cc1. The number of carbonyl (C=O) groups excluding carboxylic acids is 2. The number of hydrogen-bond acceptors (Lipinski definition) is 4. The van der Waals surface area contributed by atoms with Crippen molar-refractivity contribution in [3.05, 3.63) is 65.7 Å². The van der Waals surface area contributed by atoms with Crippen molar-refractivity contribution in [3.8, 4) is 0 Å². The van der Waals surface area contributed by atoms with Gasteiger partial charge in [-0.2, -0.15) is 0 Å². The molecule has 0 saturated heterocycles. The first kappa shape index (κ1) is 17.4. The molecule has 0 fully saturated rings. The van der Waals surface area contributed by atoms with Crippen LogP contribution in [0.1, 0.15) is 20.7 Å². The van der Waals surface area contributed by atoms with Crippen molar-refractivity contribution >= 4 is 34.8 Å². The first-order valence-electron chi connectivity index (χ1n) is 7.21. The molecule has 0 atom stereocenters. The van der Waals surface area contributed by atoms with Gasteiger partial charge in [0.25, 0.3) is 11.8 Å². The molecule has 0 aliphatic heterocycles. The Morgan fingerprint density at radius 1 is 0.833 bits per heavy atom. The molecule has 0 heterocycles. The number of amides is 2. The zero-order chi connectivity index (χ0) is 17.5. The molecule has 2 aromatic carbocycles. The van der Waals surface area contributed by atoms with Crippen molar-refractivity contribution in [1.82, 2.24) is 16.2 Å². The molecule has 0 spiro atoms. The van der Waals surface area contributed by atoms with Crippen LogP contribution < -0.4 is 21.1 Å². The van der Waals surface area contributed by atoms with E-state index in [0.717, 1.165) is 5.69 Å². The molecular formula is C17H18N4O2S. The standard InChI is InChI=1S/C17H18N4O2S/c1-21(2)14-10-8-13(9-11-14)16(23)19-20-17(24)18-15(22)12-6-4-3-5-7-12/h3-11H,1-2H3,(H,19,23)(H2,18,20,22,24). The molecule has 2 aromatic rings. The Morgan fingerprint density at radius 2 is 1.42 bits per heavy atom. The lowest BCUT2D eigenvalue weighted by atomic mass is 10.2. The minimum absolute atomic E-state index is 0.0158. The fourth-order valence-corrected chi connectivity index (χ4v) is 2.04. The van der Waals surface area contributed by atoms with Gasteiger partial charge in [-0.05, 0) is 48.6 Å². The number of nitrogens with zero attached hydrogens (tertiary/aromatic N) is 1. The van der Waals surface area contributed by atoms with Gasteiger partial charge < -0.3 is 4.90 Å². The Bertz CT molecular complexity index is 730. The second-order valence-corrected chi connectivity index (χ2v) is 5.58. The highest BCUT2D eigenvalue weighted by atomic mass is 32.1.